The van der Waals surface area contributed by atoms with E-state index in [1.165, 1.54) is 12.1 Å². The summed E-state index contributed by atoms with van der Waals surface area (Å²) in [5.41, 5.74) is 9.39. The fourth-order valence-corrected chi connectivity index (χ4v) is 4.30. The van der Waals surface area contributed by atoms with Crippen molar-refractivity contribution in [3.63, 3.8) is 0 Å². The zero-order valence-corrected chi connectivity index (χ0v) is 17.9. The van der Waals surface area contributed by atoms with Gasteiger partial charge in [-0.25, -0.2) is 9.37 Å². The number of rotatable bonds is 6. The monoisotopic (exact) mass is 435 g/mol. The van der Waals surface area contributed by atoms with Crippen LogP contribution in [0.25, 0.3) is 22.1 Å². The van der Waals surface area contributed by atoms with E-state index in [0.717, 1.165) is 48.0 Å². The Labute approximate surface area is 185 Å². The maximum atomic E-state index is 13.5. The highest BCUT2D eigenvalue weighted by Crippen LogP contribution is 2.38. The third kappa shape index (κ3) is 4.05. The van der Waals surface area contributed by atoms with E-state index in [0.29, 0.717) is 23.8 Å². The molecule has 1 aliphatic rings. The first-order chi connectivity index (χ1) is 15.6. The van der Waals surface area contributed by atoms with E-state index >= 15 is 0 Å². The molecule has 1 atom stereocenters. The minimum atomic E-state index is -0.265. The summed E-state index contributed by atoms with van der Waals surface area (Å²) in [5.74, 6) is 0.400. The van der Waals surface area contributed by atoms with Gasteiger partial charge in [0.25, 0.3) is 0 Å². The van der Waals surface area contributed by atoms with Crippen molar-refractivity contribution in [3.05, 3.63) is 60.5 Å². The summed E-state index contributed by atoms with van der Waals surface area (Å²) < 4.78 is 27.6. The summed E-state index contributed by atoms with van der Waals surface area (Å²) in [6.07, 6.45) is 9.72. The van der Waals surface area contributed by atoms with Crippen LogP contribution in [0.4, 0.5) is 10.2 Å². The average Bonchev–Trinajstić information content (AvgIpc) is 3.43. The van der Waals surface area contributed by atoms with Crippen molar-refractivity contribution in [3.8, 4) is 16.9 Å². The second kappa shape index (κ2) is 8.63. The van der Waals surface area contributed by atoms with Crippen LogP contribution >= 0.6 is 0 Å². The predicted molar refractivity (Wildman–Crippen MR) is 121 cm³/mol. The number of aromatic nitrogens is 3. The van der Waals surface area contributed by atoms with Crippen molar-refractivity contribution in [2.75, 3.05) is 18.8 Å². The van der Waals surface area contributed by atoms with Gasteiger partial charge >= 0.3 is 0 Å². The van der Waals surface area contributed by atoms with Gasteiger partial charge in [-0.3, -0.25) is 4.68 Å². The number of furan rings is 1. The smallest absolute Gasteiger partial charge is 0.205 e. The maximum Gasteiger partial charge on any atom is 0.205 e. The zero-order valence-electron chi connectivity index (χ0n) is 17.9. The molecule has 0 spiro atoms. The lowest BCUT2D eigenvalue weighted by molar-refractivity contribution is 0.223. The molecule has 0 bridgehead atoms. The lowest BCUT2D eigenvalue weighted by atomic mass is 10.1. The summed E-state index contributed by atoms with van der Waals surface area (Å²) in [6, 6.07) is 6.90. The van der Waals surface area contributed by atoms with Crippen LogP contribution in [-0.2, 0) is 6.42 Å². The van der Waals surface area contributed by atoms with Crippen LogP contribution in [0.15, 0.2) is 53.5 Å². The molecule has 0 saturated carbocycles. The Morgan fingerprint density at radius 2 is 2.16 bits per heavy atom. The molecule has 0 amide bonds. The molecular formula is C24H26FN5O2. The van der Waals surface area contributed by atoms with Crippen LogP contribution in [0.3, 0.4) is 0 Å². The van der Waals surface area contributed by atoms with Gasteiger partial charge in [0, 0.05) is 29.9 Å². The summed E-state index contributed by atoms with van der Waals surface area (Å²) in [5, 5.41) is 8.78. The molecule has 1 fully saturated rings. The molecule has 0 aliphatic carbocycles. The van der Waals surface area contributed by atoms with Gasteiger partial charge < -0.3 is 20.2 Å². The molecule has 1 aromatic carbocycles. The molecule has 4 heterocycles. The van der Waals surface area contributed by atoms with E-state index in [1.807, 2.05) is 23.9 Å². The molecule has 4 aromatic rings. The first-order valence-electron chi connectivity index (χ1n) is 10.9. The van der Waals surface area contributed by atoms with Gasteiger partial charge in [-0.2, -0.15) is 5.10 Å². The average molecular weight is 436 g/mol. The van der Waals surface area contributed by atoms with Gasteiger partial charge in [0.05, 0.1) is 17.6 Å². The number of fused-ring (bicyclic) bond motifs is 1. The Kier molecular flexibility index (Phi) is 5.53. The first kappa shape index (κ1) is 20.5. The molecule has 166 valence electrons. The summed E-state index contributed by atoms with van der Waals surface area (Å²) in [6.45, 7) is 3.93. The Morgan fingerprint density at radius 1 is 1.31 bits per heavy atom. The number of hydrogen-bond donors (Lipinski definition) is 2. The van der Waals surface area contributed by atoms with Crippen molar-refractivity contribution >= 4 is 16.8 Å². The molecule has 1 unspecified atom stereocenters. The van der Waals surface area contributed by atoms with Crippen molar-refractivity contribution in [2.45, 2.75) is 38.3 Å². The molecule has 5 rings (SSSR count). The van der Waals surface area contributed by atoms with E-state index in [4.69, 9.17) is 14.9 Å². The Bertz CT molecular complexity index is 1230. The number of nitrogens with one attached hydrogen (secondary N) is 1. The van der Waals surface area contributed by atoms with E-state index in [1.54, 1.807) is 18.5 Å². The second-order valence-corrected chi connectivity index (χ2v) is 8.32. The number of pyridine rings is 1. The summed E-state index contributed by atoms with van der Waals surface area (Å²) in [7, 11) is 0. The Morgan fingerprint density at radius 3 is 2.97 bits per heavy atom. The second-order valence-electron chi connectivity index (χ2n) is 8.32. The highest BCUT2D eigenvalue weighted by molar-refractivity contribution is 5.97. The molecule has 3 N–H and O–H groups in total. The van der Waals surface area contributed by atoms with E-state index < -0.39 is 0 Å². The standard InChI is InChI=1S/C24H26FN5O2/c1-15(9-16-3-2-4-18(25)10-16)32-23-22-20(12-28-24(23)26)21(14-31-22)17-11-29-30(13-17)19-5-7-27-8-6-19/h2-4,10-15,19,27H,5-9H2,1H3,(H2,26,28). The van der Waals surface area contributed by atoms with Crippen LogP contribution in [0.2, 0.25) is 0 Å². The van der Waals surface area contributed by atoms with Crippen LogP contribution in [0.5, 0.6) is 5.75 Å². The van der Waals surface area contributed by atoms with Crippen LogP contribution in [0, 0.1) is 5.82 Å². The SMILES string of the molecule is CC(Cc1cccc(F)c1)Oc1c(N)ncc2c(-c3cnn(C4CCNCC4)c3)coc12. The van der Waals surface area contributed by atoms with Crippen LogP contribution < -0.4 is 15.8 Å². The van der Waals surface area contributed by atoms with Gasteiger partial charge in [-0.15, -0.1) is 0 Å². The van der Waals surface area contributed by atoms with Crippen LogP contribution in [0.1, 0.15) is 31.4 Å². The fraction of sp³-hybridized carbons (Fsp3) is 0.333. The summed E-state index contributed by atoms with van der Waals surface area (Å²) in [4.78, 5) is 4.33. The highest BCUT2D eigenvalue weighted by atomic mass is 19.1. The molecule has 1 saturated heterocycles. The topological polar surface area (TPSA) is 91.1 Å². The first-order valence-corrected chi connectivity index (χ1v) is 10.9. The normalized spacial score (nSPS) is 15.8. The van der Waals surface area contributed by atoms with Crippen molar-refractivity contribution in [2.24, 2.45) is 0 Å². The van der Waals surface area contributed by atoms with Gasteiger partial charge in [-0.05, 0) is 50.6 Å². The third-order valence-electron chi connectivity index (χ3n) is 5.93. The molecule has 0 radical (unpaired) electrons. The lowest BCUT2D eigenvalue weighted by Crippen LogP contribution is -2.29. The molecule has 7 nitrogen and oxygen atoms in total. The van der Waals surface area contributed by atoms with Gasteiger partial charge in [0.1, 0.15) is 18.2 Å². The fourth-order valence-electron chi connectivity index (χ4n) is 4.30. The number of benzene rings is 1. The highest BCUT2D eigenvalue weighted by Gasteiger charge is 2.21. The maximum absolute atomic E-state index is 13.5. The quantitative estimate of drug-likeness (QED) is 0.468. The number of piperidine rings is 1. The number of nitrogen functional groups attached to an aromatic ring is 1. The number of anilines is 1. The van der Waals surface area contributed by atoms with Gasteiger partial charge in [0.15, 0.2) is 11.4 Å². The van der Waals surface area contributed by atoms with E-state index in [9.17, 15) is 4.39 Å². The van der Waals surface area contributed by atoms with Gasteiger partial charge in [-0.1, -0.05) is 12.1 Å². The number of ether oxygens (including phenoxy) is 1. The molecular weight excluding hydrogens is 409 g/mol. The third-order valence-corrected chi connectivity index (χ3v) is 5.93. The zero-order chi connectivity index (χ0) is 22.1. The summed E-state index contributed by atoms with van der Waals surface area (Å²) >= 11 is 0. The number of hydrogen-bond acceptors (Lipinski definition) is 6. The predicted octanol–water partition coefficient (Wildman–Crippen LogP) is 4.35. The number of nitrogens with two attached hydrogens (primary N) is 1. The largest absolute Gasteiger partial charge is 0.483 e. The van der Waals surface area contributed by atoms with Crippen LogP contribution in [-0.4, -0.2) is 34.0 Å². The number of nitrogens with zero attached hydrogens (tertiary/aromatic N) is 3. The van der Waals surface area contributed by atoms with E-state index in [2.05, 4.69) is 21.6 Å². The molecule has 8 heteroatoms. The number of halogens is 1. The Balaban J connectivity index is 1.41. The van der Waals surface area contributed by atoms with Crippen molar-refractivity contribution in [1.29, 1.82) is 0 Å². The Hall–Kier alpha value is -3.39. The molecule has 32 heavy (non-hydrogen) atoms. The van der Waals surface area contributed by atoms with Crippen molar-refractivity contribution < 1.29 is 13.5 Å². The van der Waals surface area contributed by atoms with E-state index in [-0.39, 0.29) is 17.7 Å². The lowest BCUT2D eigenvalue weighted by Gasteiger charge is -2.22. The minimum absolute atomic E-state index is 0.247. The van der Waals surface area contributed by atoms with Crippen molar-refractivity contribution in [1.82, 2.24) is 20.1 Å². The molecule has 3 aromatic heterocycles. The van der Waals surface area contributed by atoms with Gasteiger partial charge in [0.2, 0.25) is 5.75 Å². The minimum Gasteiger partial charge on any atom is -0.483 e. The molecule has 1 aliphatic heterocycles.